The van der Waals surface area contributed by atoms with Gasteiger partial charge in [0.05, 0.1) is 18.3 Å². The molecule has 4 aliphatic carbocycles. The van der Waals surface area contributed by atoms with Crippen molar-refractivity contribution in [2.45, 2.75) is 77.9 Å². The molecule has 154 valence electrons. The highest BCUT2D eigenvalue weighted by Gasteiger charge is 2.59. The van der Waals surface area contributed by atoms with Gasteiger partial charge >= 0.3 is 0 Å². The number of hydrogen-bond acceptors (Lipinski definition) is 3. The van der Waals surface area contributed by atoms with Crippen molar-refractivity contribution in [2.75, 3.05) is 14.2 Å². The molecule has 0 saturated heterocycles. The second-order valence-corrected chi connectivity index (χ2v) is 10.3. The average Bonchev–Trinajstić information content (AvgIpc) is 3.04. The molecule has 4 rings (SSSR count). The summed E-state index contributed by atoms with van der Waals surface area (Å²) in [5.41, 5.74) is 3.67. The maximum absolute atomic E-state index is 9.23. The Labute approximate surface area is 171 Å². The molecule has 0 unspecified atom stereocenters. The molecule has 8 atom stereocenters. The third-order valence-corrected chi connectivity index (χ3v) is 9.39. The van der Waals surface area contributed by atoms with E-state index in [4.69, 9.17) is 9.47 Å². The molecular weight excluding hydrogens is 346 g/mol. The van der Waals surface area contributed by atoms with Gasteiger partial charge in [0.25, 0.3) is 0 Å². The monoisotopic (exact) mass is 383 g/mol. The Kier molecular flexibility index (Phi) is 5.26. The zero-order valence-corrected chi connectivity index (χ0v) is 18.3. The van der Waals surface area contributed by atoms with Gasteiger partial charge in [-0.15, -0.1) is 0 Å². The molecule has 3 nitrogen and oxygen atoms in total. The van der Waals surface area contributed by atoms with Crippen LogP contribution in [0.2, 0.25) is 0 Å². The molecule has 0 amide bonds. The minimum Gasteiger partial charge on any atom is -0.381 e. The number of nitriles is 1. The quantitative estimate of drug-likeness (QED) is 0.627. The molecule has 0 spiro atoms. The Morgan fingerprint density at radius 1 is 1.14 bits per heavy atom. The summed E-state index contributed by atoms with van der Waals surface area (Å²) >= 11 is 0. The van der Waals surface area contributed by atoms with Gasteiger partial charge in [-0.1, -0.05) is 44.1 Å². The molecule has 0 N–H and O–H groups in total. The van der Waals surface area contributed by atoms with Gasteiger partial charge in [0.1, 0.15) is 0 Å². The van der Waals surface area contributed by atoms with Crippen molar-refractivity contribution < 1.29 is 9.47 Å². The third kappa shape index (κ3) is 2.75. The van der Waals surface area contributed by atoms with Crippen LogP contribution in [-0.4, -0.2) is 26.4 Å². The minimum absolute atomic E-state index is 0.103. The maximum atomic E-state index is 9.23. The maximum Gasteiger partial charge on any atom is 0.0692 e. The normalized spacial score (nSPS) is 45.8. The molecule has 0 aromatic carbocycles. The lowest BCUT2D eigenvalue weighted by atomic mass is 9.49. The van der Waals surface area contributed by atoms with Crippen LogP contribution in [0, 0.1) is 45.8 Å². The second-order valence-electron chi connectivity index (χ2n) is 10.3. The summed E-state index contributed by atoms with van der Waals surface area (Å²) in [6.07, 6.45) is 13.2. The second kappa shape index (κ2) is 7.29. The molecule has 3 saturated carbocycles. The summed E-state index contributed by atoms with van der Waals surface area (Å²) in [4.78, 5) is 0. The van der Waals surface area contributed by atoms with E-state index >= 15 is 0 Å². The Bertz CT molecular complexity index is 719. The Balaban J connectivity index is 1.68. The lowest BCUT2D eigenvalue weighted by Crippen LogP contribution is -2.53. The van der Waals surface area contributed by atoms with Crippen LogP contribution in [-0.2, 0) is 9.47 Å². The standard InChI is InChI=1S/C25H37NO2/c1-16(11-13-26)20-8-9-21-19-7-6-17-14-18(27-4)15-23(28-5)25(17,3)22(19)10-12-24(20,21)2/h6-7,16,18,20-23H,8-12,14-15H2,1-5H3/t16-,18-,20-,21+,22+,23+,24-,25+/m1/s1. The van der Waals surface area contributed by atoms with E-state index in [-0.39, 0.29) is 17.6 Å². The molecule has 3 heteroatoms. The number of nitrogens with zero attached hydrogens (tertiary/aromatic N) is 1. The van der Waals surface area contributed by atoms with Gasteiger partial charge in [0, 0.05) is 32.5 Å². The van der Waals surface area contributed by atoms with Gasteiger partial charge in [-0.05, 0) is 61.2 Å². The number of rotatable bonds is 4. The zero-order chi connectivity index (χ0) is 20.1. The van der Waals surface area contributed by atoms with E-state index in [1.807, 2.05) is 14.2 Å². The molecule has 4 aliphatic rings. The number of fused-ring (bicyclic) bond motifs is 5. The average molecular weight is 384 g/mol. The highest BCUT2D eigenvalue weighted by atomic mass is 16.5. The first-order valence-corrected chi connectivity index (χ1v) is 11.2. The van der Waals surface area contributed by atoms with Gasteiger partial charge in [-0.2, -0.15) is 5.26 Å². The van der Waals surface area contributed by atoms with Crippen LogP contribution in [0.5, 0.6) is 0 Å². The molecule has 0 aliphatic heterocycles. The van der Waals surface area contributed by atoms with Crippen molar-refractivity contribution in [3.8, 4) is 6.07 Å². The van der Waals surface area contributed by atoms with Crippen LogP contribution in [0.4, 0.5) is 0 Å². The van der Waals surface area contributed by atoms with Crippen LogP contribution in [0.3, 0.4) is 0 Å². The smallest absolute Gasteiger partial charge is 0.0692 e. The lowest BCUT2D eigenvalue weighted by Gasteiger charge is -2.57. The Morgan fingerprint density at radius 3 is 2.61 bits per heavy atom. The van der Waals surface area contributed by atoms with E-state index in [0.29, 0.717) is 35.5 Å². The van der Waals surface area contributed by atoms with Gasteiger partial charge in [0.2, 0.25) is 0 Å². The molecule has 0 aromatic heterocycles. The first-order chi connectivity index (χ1) is 13.4. The predicted octanol–water partition coefficient (Wildman–Crippen LogP) is 5.68. The highest BCUT2D eigenvalue weighted by molar-refractivity contribution is 5.40. The predicted molar refractivity (Wildman–Crippen MR) is 112 cm³/mol. The van der Waals surface area contributed by atoms with Gasteiger partial charge in [-0.3, -0.25) is 0 Å². The Morgan fingerprint density at radius 2 is 1.93 bits per heavy atom. The molecule has 0 heterocycles. The van der Waals surface area contributed by atoms with Crippen molar-refractivity contribution in [1.29, 1.82) is 5.26 Å². The third-order valence-electron chi connectivity index (χ3n) is 9.39. The molecule has 28 heavy (non-hydrogen) atoms. The van der Waals surface area contributed by atoms with Crippen LogP contribution in [0.25, 0.3) is 0 Å². The SMILES string of the molecule is CO[C@@H]1CC2=CC=C3[C@@H]4CC[C@H]([C@H](C)CC#N)[C@@]4(C)CC[C@@H]3[C@@]2(C)[C@@H](OC)C1. The van der Waals surface area contributed by atoms with E-state index in [9.17, 15) is 5.26 Å². The first kappa shape index (κ1) is 20.2. The van der Waals surface area contributed by atoms with Gasteiger partial charge < -0.3 is 9.47 Å². The first-order valence-electron chi connectivity index (χ1n) is 11.2. The van der Waals surface area contributed by atoms with Crippen LogP contribution in [0.1, 0.15) is 65.7 Å². The number of methoxy groups -OCH3 is 2. The van der Waals surface area contributed by atoms with Crippen molar-refractivity contribution >= 4 is 0 Å². The van der Waals surface area contributed by atoms with Crippen molar-refractivity contribution in [2.24, 2.45) is 34.5 Å². The number of hydrogen-bond donors (Lipinski definition) is 0. The summed E-state index contributed by atoms with van der Waals surface area (Å²) in [6.45, 7) is 7.29. The summed E-state index contributed by atoms with van der Waals surface area (Å²) in [5, 5.41) is 9.23. The van der Waals surface area contributed by atoms with Crippen LogP contribution < -0.4 is 0 Å². The zero-order valence-electron chi connectivity index (χ0n) is 18.3. The van der Waals surface area contributed by atoms with Crippen molar-refractivity contribution in [1.82, 2.24) is 0 Å². The fourth-order valence-electron chi connectivity index (χ4n) is 7.79. The molecule has 0 bridgehead atoms. The lowest BCUT2D eigenvalue weighted by molar-refractivity contribution is -0.0825. The van der Waals surface area contributed by atoms with E-state index in [0.717, 1.165) is 12.8 Å². The topological polar surface area (TPSA) is 42.2 Å². The summed E-state index contributed by atoms with van der Waals surface area (Å²) in [6, 6.07) is 2.43. The van der Waals surface area contributed by atoms with E-state index in [2.05, 4.69) is 39.0 Å². The number of ether oxygens (including phenoxy) is 2. The summed E-state index contributed by atoms with van der Waals surface area (Å²) in [5.74, 6) is 2.45. The largest absolute Gasteiger partial charge is 0.381 e. The van der Waals surface area contributed by atoms with E-state index < -0.39 is 0 Å². The van der Waals surface area contributed by atoms with E-state index in [1.165, 1.54) is 31.3 Å². The van der Waals surface area contributed by atoms with Crippen LogP contribution >= 0.6 is 0 Å². The van der Waals surface area contributed by atoms with Gasteiger partial charge in [0.15, 0.2) is 0 Å². The molecule has 3 fully saturated rings. The fourth-order valence-corrected chi connectivity index (χ4v) is 7.79. The molecule has 0 radical (unpaired) electrons. The Hall–Kier alpha value is -1.11. The van der Waals surface area contributed by atoms with Crippen molar-refractivity contribution in [3.05, 3.63) is 23.3 Å². The van der Waals surface area contributed by atoms with Crippen LogP contribution in [0.15, 0.2) is 23.3 Å². The van der Waals surface area contributed by atoms with Crippen molar-refractivity contribution in [3.63, 3.8) is 0 Å². The molecule has 0 aromatic rings. The number of allylic oxidation sites excluding steroid dienone is 3. The highest BCUT2D eigenvalue weighted by Crippen LogP contribution is 2.66. The minimum atomic E-state index is 0.103. The summed E-state index contributed by atoms with van der Waals surface area (Å²) in [7, 11) is 3.71. The van der Waals surface area contributed by atoms with E-state index in [1.54, 1.807) is 5.57 Å². The van der Waals surface area contributed by atoms with Gasteiger partial charge in [-0.25, -0.2) is 0 Å². The summed E-state index contributed by atoms with van der Waals surface area (Å²) < 4.78 is 11.8. The fraction of sp³-hybridized carbons (Fsp3) is 0.800. The molecular formula is C25H37NO2.